The summed E-state index contributed by atoms with van der Waals surface area (Å²) in [5.74, 6) is 1.35. The van der Waals surface area contributed by atoms with Gasteiger partial charge in [0.25, 0.3) is 5.91 Å². The van der Waals surface area contributed by atoms with Gasteiger partial charge >= 0.3 is 0 Å². The lowest BCUT2D eigenvalue weighted by Crippen LogP contribution is -2.62. The SMILES string of the molecule is COc1cccc(-c2cnc(C(=O)NC3C4CCN(CC4)C3C)s2)c1. The highest BCUT2D eigenvalue weighted by molar-refractivity contribution is 7.17. The largest absolute Gasteiger partial charge is 0.497 e. The normalized spacial score (nSPS) is 27.9. The quantitative estimate of drug-likeness (QED) is 0.914. The molecule has 0 saturated carbocycles. The van der Waals surface area contributed by atoms with Crippen molar-refractivity contribution in [3.63, 3.8) is 0 Å². The van der Waals surface area contributed by atoms with E-state index in [2.05, 4.69) is 22.1 Å². The first kappa shape index (κ1) is 16.5. The minimum Gasteiger partial charge on any atom is -0.497 e. The number of thiazole rings is 1. The number of amides is 1. The second kappa shape index (κ2) is 6.77. The van der Waals surface area contributed by atoms with E-state index in [1.165, 1.54) is 24.2 Å². The average Bonchev–Trinajstić information content (AvgIpc) is 3.15. The predicted molar refractivity (Wildman–Crippen MR) is 99.1 cm³/mol. The third kappa shape index (κ3) is 3.16. The van der Waals surface area contributed by atoms with Gasteiger partial charge in [0.1, 0.15) is 5.75 Å². The molecular weight excluding hydrogens is 334 g/mol. The highest BCUT2D eigenvalue weighted by atomic mass is 32.1. The average molecular weight is 357 g/mol. The fourth-order valence-corrected chi connectivity index (χ4v) is 4.86. The first-order chi connectivity index (χ1) is 12.2. The van der Waals surface area contributed by atoms with E-state index in [1.807, 2.05) is 24.3 Å². The molecule has 0 radical (unpaired) electrons. The smallest absolute Gasteiger partial charge is 0.280 e. The molecule has 3 aliphatic rings. The zero-order chi connectivity index (χ0) is 17.4. The van der Waals surface area contributed by atoms with Crippen molar-refractivity contribution in [2.24, 2.45) is 5.92 Å². The van der Waals surface area contributed by atoms with Crippen LogP contribution in [0.2, 0.25) is 0 Å². The fraction of sp³-hybridized carbons (Fsp3) is 0.474. The first-order valence-electron chi connectivity index (χ1n) is 8.81. The Morgan fingerprint density at radius 3 is 2.88 bits per heavy atom. The van der Waals surface area contributed by atoms with Crippen molar-refractivity contribution in [3.8, 4) is 16.2 Å². The third-order valence-electron chi connectivity index (χ3n) is 5.53. The van der Waals surface area contributed by atoms with E-state index >= 15 is 0 Å². The van der Waals surface area contributed by atoms with Gasteiger partial charge in [-0.15, -0.1) is 11.3 Å². The van der Waals surface area contributed by atoms with Crippen molar-refractivity contribution in [1.82, 2.24) is 15.2 Å². The number of ether oxygens (including phenoxy) is 1. The van der Waals surface area contributed by atoms with Crippen molar-refractivity contribution in [2.45, 2.75) is 31.8 Å². The zero-order valence-electron chi connectivity index (χ0n) is 14.6. The number of hydrogen-bond acceptors (Lipinski definition) is 5. The molecule has 5 rings (SSSR count). The molecule has 0 aliphatic carbocycles. The summed E-state index contributed by atoms with van der Waals surface area (Å²) >= 11 is 1.43. The Balaban J connectivity index is 1.49. The van der Waals surface area contributed by atoms with Crippen LogP contribution in [-0.4, -0.2) is 48.1 Å². The second-order valence-corrected chi connectivity index (χ2v) is 7.91. The van der Waals surface area contributed by atoms with Crippen LogP contribution in [-0.2, 0) is 0 Å². The molecule has 0 spiro atoms. The predicted octanol–water partition coefficient (Wildman–Crippen LogP) is 3.03. The first-order valence-corrected chi connectivity index (χ1v) is 9.62. The molecule has 1 N–H and O–H groups in total. The van der Waals surface area contributed by atoms with Crippen molar-refractivity contribution in [2.75, 3.05) is 20.2 Å². The molecule has 25 heavy (non-hydrogen) atoms. The Morgan fingerprint density at radius 1 is 1.36 bits per heavy atom. The Labute approximate surface area is 152 Å². The van der Waals surface area contributed by atoms with Gasteiger partial charge in [-0.2, -0.15) is 0 Å². The van der Waals surface area contributed by atoms with E-state index < -0.39 is 0 Å². The van der Waals surface area contributed by atoms with Gasteiger partial charge in [0.05, 0.1) is 12.0 Å². The Morgan fingerprint density at radius 2 is 2.16 bits per heavy atom. The maximum Gasteiger partial charge on any atom is 0.280 e. The number of hydrogen-bond donors (Lipinski definition) is 1. The van der Waals surface area contributed by atoms with Gasteiger partial charge in [0.15, 0.2) is 5.01 Å². The molecule has 1 aromatic heterocycles. The number of carbonyl (C=O) groups excluding carboxylic acids is 1. The maximum absolute atomic E-state index is 12.7. The molecule has 4 heterocycles. The van der Waals surface area contributed by atoms with E-state index in [0.29, 0.717) is 17.0 Å². The zero-order valence-corrected chi connectivity index (χ0v) is 15.4. The lowest BCUT2D eigenvalue weighted by Gasteiger charge is -2.49. The Hall–Kier alpha value is -1.92. The summed E-state index contributed by atoms with van der Waals surface area (Å²) in [6.45, 7) is 4.55. The van der Waals surface area contributed by atoms with Crippen molar-refractivity contribution < 1.29 is 9.53 Å². The van der Waals surface area contributed by atoms with Gasteiger partial charge in [0.2, 0.25) is 0 Å². The van der Waals surface area contributed by atoms with Crippen LogP contribution in [0.25, 0.3) is 10.4 Å². The van der Waals surface area contributed by atoms with Gasteiger partial charge < -0.3 is 10.1 Å². The molecule has 3 aliphatic heterocycles. The lowest BCUT2D eigenvalue weighted by atomic mass is 9.79. The highest BCUT2D eigenvalue weighted by Gasteiger charge is 2.40. The van der Waals surface area contributed by atoms with E-state index in [-0.39, 0.29) is 11.9 Å². The monoisotopic (exact) mass is 357 g/mol. The van der Waals surface area contributed by atoms with E-state index in [1.54, 1.807) is 13.3 Å². The molecular formula is C19H23N3O2S. The summed E-state index contributed by atoms with van der Waals surface area (Å²) in [7, 11) is 1.65. The van der Waals surface area contributed by atoms with Gasteiger partial charge in [-0.3, -0.25) is 9.69 Å². The number of aromatic nitrogens is 1. The van der Waals surface area contributed by atoms with Crippen molar-refractivity contribution in [3.05, 3.63) is 35.5 Å². The van der Waals surface area contributed by atoms with E-state index in [0.717, 1.165) is 29.3 Å². The Kier molecular flexibility index (Phi) is 4.48. The number of rotatable bonds is 4. The maximum atomic E-state index is 12.7. The van der Waals surface area contributed by atoms with Crippen LogP contribution in [0.3, 0.4) is 0 Å². The van der Waals surface area contributed by atoms with E-state index in [9.17, 15) is 4.79 Å². The van der Waals surface area contributed by atoms with Crippen LogP contribution in [0, 0.1) is 5.92 Å². The van der Waals surface area contributed by atoms with Gasteiger partial charge in [-0.25, -0.2) is 4.98 Å². The number of carbonyl (C=O) groups is 1. The number of nitrogens with zero attached hydrogens (tertiary/aromatic N) is 2. The standard InChI is InChI=1S/C19H23N3O2S/c1-12-17(13-6-8-22(12)9-7-13)21-18(23)19-20-11-16(25-19)14-4-3-5-15(10-14)24-2/h3-5,10-13,17H,6-9H2,1-2H3,(H,21,23). The molecule has 5 nitrogen and oxygen atoms in total. The molecule has 1 aromatic carbocycles. The molecule has 2 aromatic rings. The van der Waals surface area contributed by atoms with Gasteiger partial charge in [-0.1, -0.05) is 12.1 Å². The van der Waals surface area contributed by atoms with Gasteiger partial charge in [0, 0.05) is 18.3 Å². The van der Waals surface area contributed by atoms with Crippen molar-refractivity contribution >= 4 is 17.2 Å². The molecule has 1 amide bonds. The number of fused-ring (bicyclic) bond motifs is 3. The molecule has 2 atom stereocenters. The highest BCUT2D eigenvalue weighted by Crippen LogP contribution is 2.33. The van der Waals surface area contributed by atoms with Crippen molar-refractivity contribution in [1.29, 1.82) is 0 Å². The van der Waals surface area contributed by atoms with Crippen LogP contribution in [0.15, 0.2) is 30.5 Å². The third-order valence-corrected chi connectivity index (χ3v) is 6.57. The van der Waals surface area contributed by atoms with Gasteiger partial charge in [-0.05, 0) is 56.5 Å². The Bertz CT molecular complexity index is 766. The number of nitrogens with one attached hydrogen (secondary N) is 1. The molecule has 132 valence electrons. The topological polar surface area (TPSA) is 54.5 Å². The van der Waals surface area contributed by atoms with Crippen LogP contribution < -0.4 is 10.1 Å². The number of methoxy groups -OCH3 is 1. The van der Waals surface area contributed by atoms with E-state index in [4.69, 9.17) is 4.74 Å². The fourth-order valence-electron chi connectivity index (χ4n) is 4.05. The minimum atomic E-state index is -0.0512. The lowest BCUT2D eigenvalue weighted by molar-refractivity contribution is 0.0217. The summed E-state index contributed by atoms with van der Waals surface area (Å²) in [4.78, 5) is 20.5. The number of piperidine rings is 3. The molecule has 6 heteroatoms. The molecule has 2 bridgehead atoms. The summed E-state index contributed by atoms with van der Waals surface area (Å²) in [5, 5.41) is 3.78. The molecule has 3 saturated heterocycles. The van der Waals surface area contributed by atoms with Crippen LogP contribution in [0.1, 0.15) is 29.6 Å². The summed E-state index contributed by atoms with van der Waals surface area (Å²) in [6, 6.07) is 8.47. The number of benzene rings is 1. The minimum absolute atomic E-state index is 0.0512. The second-order valence-electron chi connectivity index (χ2n) is 6.87. The summed E-state index contributed by atoms with van der Waals surface area (Å²) < 4.78 is 5.27. The molecule has 3 fully saturated rings. The summed E-state index contributed by atoms with van der Waals surface area (Å²) in [5.41, 5.74) is 1.02. The summed E-state index contributed by atoms with van der Waals surface area (Å²) in [6.07, 6.45) is 4.14. The van der Waals surface area contributed by atoms with Crippen LogP contribution >= 0.6 is 11.3 Å². The van der Waals surface area contributed by atoms with Crippen LogP contribution in [0.5, 0.6) is 5.75 Å². The van der Waals surface area contributed by atoms with Crippen LogP contribution in [0.4, 0.5) is 0 Å². The molecule has 2 unspecified atom stereocenters.